The molecule has 33 heavy (non-hydrogen) atoms. The van der Waals surface area contributed by atoms with E-state index in [9.17, 15) is 4.79 Å². The third-order valence-corrected chi connectivity index (χ3v) is 5.88. The van der Waals surface area contributed by atoms with Gasteiger partial charge in [-0.1, -0.05) is 30.3 Å². The lowest BCUT2D eigenvalue weighted by Gasteiger charge is -2.11. The Balaban J connectivity index is 1.64. The third kappa shape index (κ3) is 4.28. The smallest absolute Gasteiger partial charge is 0.282 e. The van der Waals surface area contributed by atoms with Gasteiger partial charge in [-0.2, -0.15) is 9.78 Å². The first-order valence-corrected chi connectivity index (χ1v) is 11.6. The third-order valence-electron chi connectivity index (χ3n) is 5.04. The molecule has 0 unspecified atom stereocenters. The van der Waals surface area contributed by atoms with Gasteiger partial charge in [0.05, 0.1) is 26.8 Å². The predicted octanol–water partition coefficient (Wildman–Crippen LogP) is 6.08. The first-order valence-electron chi connectivity index (χ1n) is 10.5. The topological polar surface area (TPSA) is 69.6 Å². The molecule has 0 aliphatic rings. The van der Waals surface area contributed by atoms with E-state index in [0.29, 0.717) is 22.5 Å². The van der Waals surface area contributed by atoms with Crippen LogP contribution in [0.15, 0.2) is 87.1 Å². The fraction of sp³-hybridized carbons (Fsp3) is 0.115. The summed E-state index contributed by atoms with van der Waals surface area (Å²) in [4.78, 5) is 18.1. The number of hydrogen-bond acceptors (Lipinski definition) is 5. The van der Waals surface area contributed by atoms with E-state index >= 15 is 0 Å². The zero-order chi connectivity index (χ0) is 22.9. The molecule has 0 atom stereocenters. The molecule has 6 nitrogen and oxygen atoms in total. The van der Waals surface area contributed by atoms with Gasteiger partial charge in [0.2, 0.25) is 5.82 Å². The first kappa shape index (κ1) is 21.4. The summed E-state index contributed by atoms with van der Waals surface area (Å²) in [6, 6.07) is 22.6. The van der Waals surface area contributed by atoms with Crippen LogP contribution in [0.5, 0.6) is 5.75 Å². The number of fused-ring (bicyclic) bond motifs is 2. The van der Waals surface area contributed by atoms with Crippen LogP contribution in [0.25, 0.3) is 33.5 Å². The average molecular weight is 549 g/mol. The minimum atomic E-state index is -0.262. The van der Waals surface area contributed by atoms with Crippen LogP contribution in [0.1, 0.15) is 19.4 Å². The monoisotopic (exact) mass is 549 g/mol. The average Bonchev–Trinajstić information content (AvgIpc) is 3.24. The molecule has 0 aliphatic heterocycles. The molecule has 0 radical (unpaired) electrons. The van der Waals surface area contributed by atoms with Gasteiger partial charge in [0.15, 0.2) is 5.76 Å². The van der Waals surface area contributed by atoms with E-state index in [0.717, 1.165) is 25.9 Å². The largest absolute Gasteiger partial charge is 0.490 e. The summed E-state index contributed by atoms with van der Waals surface area (Å²) in [6.07, 6.45) is 1.73. The van der Waals surface area contributed by atoms with Crippen molar-refractivity contribution in [3.8, 4) is 17.3 Å². The molecule has 0 bridgehead atoms. The van der Waals surface area contributed by atoms with Crippen LogP contribution in [-0.2, 0) is 0 Å². The number of nitrogens with zero attached hydrogens (tertiary/aromatic N) is 3. The summed E-state index contributed by atoms with van der Waals surface area (Å²) in [5.41, 5.74) is 1.89. The van der Waals surface area contributed by atoms with Crippen molar-refractivity contribution in [2.45, 2.75) is 20.0 Å². The van der Waals surface area contributed by atoms with E-state index in [4.69, 9.17) is 14.1 Å². The van der Waals surface area contributed by atoms with E-state index in [2.05, 4.69) is 27.7 Å². The van der Waals surface area contributed by atoms with Gasteiger partial charge in [0.25, 0.3) is 5.56 Å². The highest BCUT2D eigenvalue weighted by molar-refractivity contribution is 14.1. The van der Waals surface area contributed by atoms with Crippen molar-refractivity contribution in [1.82, 2.24) is 9.66 Å². The van der Waals surface area contributed by atoms with Gasteiger partial charge < -0.3 is 9.15 Å². The van der Waals surface area contributed by atoms with Crippen LogP contribution < -0.4 is 10.3 Å². The summed E-state index contributed by atoms with van der Waals surface area (Å²) in [7, 11) is 0. The van der Waals surface area contributed by atoms with Gasteiger partial charge in [-0.15, -0.1) is 0 Å². The molecular weight excluding hydrogens is 529 g/mol. The van der Waals surface area contributed by atoms with Gasteiger partial charge >= 0.3 is 0 Å². The van der Waals surface area contributed by atoms with Crippen molar-refractivity contribution >= 4 is 50.7 Å². The van der Waals surface area contributed by atoms with Crippen LogP contribution in [0, 0.1) is 3.57 Å². The highest BCUT2D eigenvalue weighted by atomic mass is 127. The molecular formula is C26H20IN3O3. The second-order valence-electron chi connectivity index (χ2n) is 7.82. The molecule has 0 fully saturated rings. The van der Waals surface area contributed by atoms with Crippen LogP contribution in [0.4, 0.5) is 0 Å². The number of halogens is 1. The zero-order valence-corrected chi connectivity index (χ0v) is 20.2. The molecule has 0 aliphatic carbocycles. The standard InChI is InChI=1S/C26H20IN3O3/c1-16(2)32-23-12-11-17(13-20(23)27)15-28-30-25(24-14-18-7-3-6-10-22(18)33-24)29-21-9-5-4-8-19(21)26(30)31/h3-16H,1-2H3. The highest BCUT2D eigenvalue weighted by Crippen LogP contribution is 2.27. The number of ether oxygens (including phenoxy) is 1. The summed E-state index contributed by atoms with van der Waals surface area (Å²) in [5.74, 6) is 1.64. The second kappa shape index (κ2) is 8.82. The van der Waals surface area contributed by atoms with Crippen LogP contribution >= 0.6 is 22.6 Å². The van der Waals surface area contributed by atoms with Crippen LogP contribution in [0.2, 0.25) is 0 Å². The molecule has 5 rings (SSSR count). The van der Waals surface area contributed by atoms with E-state index < -0.39 is 0 Å². The Morgan fingerprint density at radius 1 is 1.06 bits per heavy atom. The minimum absolute atomic E-state index is 0.0895. The summed E-state index contributed by atoms with van der Waals surface area (Å²) in [6.45, 7) is 3.98. The van der Waals surface area contributed by atoms with E-state index in [-0.39, 0.29) is 11.7 Å². The molecule has 164 valence electrons. The van der Waals surface area contributed by atoms with Crippen molar-refractivity contribution in [2.24, 2.45) is 5.10 Å². The summed E-state index contributed by atoms with van der Waals surface area (Å²) < 4.78 is 14.1. The predicted molar refractivity (Wildman–Crippen MR) is 139 cm³/mol. The zero-order valence-electron chi connectivity index (χ0n) is 18.0. The molecule has 7 heteroatoms. The Labute approximate surface area is 203 Å². The Bertz CT molecular complexity index is 1530. The first-order chi connectivity index (χ1) is 16.0. The van der Waals surface area contributed by atoms with Crippen molar-refractivity contribution in [3.63, 3.8) is 0 Å². The number of rotatable bonds is 5. The van der Waals surface area contributed by atoms with Gasteiger partial charge in [-0.3, -0.25) is 4.79 Å². The van der Waals surface area contributed by atoms with Gasteiger partial charge in [0.1, 0.15) is 11.3 Å². The molecule has 2 heterocycles. The molecule has 0 saturated heterocycles. The minimum Gasteiger partial charge on any atom is -0.490 e. The second-order valence-corrected chi connectivity index (χ2v) is 8.98. The number of aromatic nitrogens is 2. The maximum atomic E-state index is 13.3. The number of hydrogen-bond donors (Lipinski definition) is 0. The van der Waals surface area contributed by atoms with E-state index in [1.165, 1.54) is 4.68 Å². The lowest BCUT2D eigenvalue weighted by Crippen LogP contribution is -2.20. The maximum Gasteiger partial charge on any atom is 0.282 e. The quantitative estimate of drug-likeness (QED) is 0.197. The lowest BCUT2D eigenvalue weighted by molar-refractivity contribution is 0.240. The summed E-state index contributed by atoms with van der Waals surface area (Å²) in [5, 5.41) is 5.94. The summed E-state index contributed by atoms with van der Waals surface area (Å²) >= 11 is 2.23. The molecule has 2 aromatic heterocycles. The Morgan fingerprint density at radius 2 is 1.85 bits per heavy atom. The number of benzene rings is 3. The van der Waals surface area contributed by atoms with Gasteiger partial charge in [0, 0.05) is 5.39 Å². The van der Waals surface area contributed by atoms with Crippen molar-refractivity contribution in [3.05, 3.63) is 92.3 Å². The lowest BCUT2D eigenvalue weighted by atomic mass is 10.2. The Hall–Kier alpha value is -3.46. The molecule has 0 spiro atoms. The SMILES string of the molecule is CC(C)Oc1ccc(C=Nn2c(-c3cc4ccccc4o3)nc3ccccc3c2=O)cc1I. The van der Waals surface area contributed by atoms with Gasteiger partial charge in [-0.25, -0.2) is 4.98 Å². The van der Waals surface area contributed by atoms with Crippen molar-refractivity contribution in [2.75, 3.05) is 0 Å². The fourth-order valence-corrected chi connectivity index (χ4v) is 4.22. The van der Waals surface area contributed by atoms with E-state index in [1.807, 2.05) is 80.6 Å². The normalized spacial score (nSPS) is 11.8. The maximum absolute atomic E-state index is 13.3. The van der Waals surface area contributed by atoms with Crippen LogP contribution in [0.3, 0.4) is 0 Å². The molecule has 0 saturated carbocycles. The Morgan fingerprint density at radius 3 is 2.64 bits per heavy atom. The van der Waals surface area contributed by atoms with E-state index in [1.54, 1.807) is 12.3 Å². The fourth-order valence-electron chi connectivity index (χ4n) is 3.55. The van der Waals surface area contributed by atoms with Crippen molar-refractivity contribution < 1.29 is 9.15 Å². The number of para-hydroxylation sites is 2. The van der Waals surface area contributed by atoms with Crippen molar-refractivity contribution in [1.29, 1.82) is 0 Å². The molecule has 5 aromatic rings. The van der Waals surface area contributed by atoms with Crippen LogP contribution in [-0.4, -0.2) is 22.0 Å². The Kier molecular flexibility index (Phi) is 5.72. The number of furan rings is 1. The highest BCUT2D eigenvalue weighted by Gasteiger charge is 2.16. The molecule has 0 amide bonds. The molecule has 3 aromatic carbocycles. The molecule has 0 N–H and O–H groups in total. The van der Waals surface area contributed by atoms with Gasteiger partial charge in [-0.05, 0) is 84.5 Å².